The van der Waals surface area contributed by atoms with Crippen LogP contribution in [0.4, 0.5) is 44.7 Å². The zero-order valence-corrected chi connectivity index (χ0v) is 57.3. The molecular weight excluding hydrogens is 1400 g/mol. The molecular formula is C76H78F8N8O14. The topological polar surface area (TPSA) is 286 Å². The number of rotatable bonds is 38. The first kappa shape index (κ1) is 81.6. The van der Waals surface area contributed by atoms with Crippen molar-refractivity contribution in [1.29, 1.82) is 0 Å². The third-order valence-corrected chi connectivity index (χ3v) is 16.0. The lowest BCUT2D eigenvalue weighted by atomic mass is 10.1. The number of esters is 2. The van der Waals surface area contributed by atoms with Crippen molar-refractivity contribution in [2.24, 2.45) is 0 Å². The summed E-state index contributed by atoms with van der Waals surface area (Å²) >= 11 is 0. The van der Waals surface area contributed by atoms with Crippen LogP contribution in [0.25, 0.3) is 0 Å². The van der Waals surface area contributed by atoms with Gasteiger partial charge in [0.05, 0.1) is 11.1 Å². The average Bonchev–Trinajstić information content (AvgIpc) is 0.830. The van der Waals surface area contributed by atoms with E-state index in [1.54, 1.807) is 60.7 Å². The minimum atomic E-state index is -4.60. The molecule has 7 aromatic rings. The van der Waals surface area contributed by atoms with E-state index in [-0.39, 0.29) is 113 Å². The third-order valence-electron chi connectivity index (χ3n) is 16.0. The Morgan fingerprint density at radius 2 is 0.660 bits per heavy atom. The number of carbonyl (C=O) groups is 10. The number of ether oxygens (including phenoxy) is 4. The van der Waals surface area contributed by atoms with Gasteiger partial charge in [-0.2, -0.15) is 26.3 Å². The largest absolute Gasteiger partial charge is 0.459 e. The Hall–Kier alpha value is -11.7. The summed E-state index contributed by atoms with van der Waals surface area (Å²) in [5, 5.41) is 15.6. The van der Waals surface area contributed by atoms with E-state index in [1.807, 2.05) is 0 Å². The molecule has 0 heterocycles. The zero-order chi connectivity index (χ0) is 76.4. The quantitative estimate of drug-likeness (QED) is 0.00909. The minimum absolute atomic E-state index is 0.0245. The number of unbranched alkanes of at least 4 members (excludes halogenated alkanes) is 2. The number of alkyl halides is 6. The number of hydrogen-bond acceptors (Lipinski definition) is 14. The highest BCUT2D eigenvalue weighted by atomic mass is 19.4. The van der Waals surface area contributed by atoms with Gasteiger partial charge in [-0.3, -0.25) is 28.8 Å². The fourth-order valence-electron chi connectivity index (χ4n) is 10.3. The highest BCUT2D eigenvalue weighted by Gasteiger charge is 2.33. The average molecular weight is 1480 g/mol. The van der Waals surface area contributed by atoms with Crippen LogP contribution in [0.1, 0.15) is 104 Å². The lowest BCUT2D eigenvalue weighted by Crippen LogP contribution is -2.47. The van der Waals surface area contributed by atoms with Crippen molar-refractivity contribution >= 4 is 59.6 Å². The molecule has 6 N–H and O–H groups in total. The molecule has 0 aliphatic heterocycles. The Morgan fingerprint density at radius 1 is 0.349 bits per heavy atom. The fraction of sp³-hybridized carbons (Fsp3) is 0.316. The predicted octanol–water partition coefficient (Wildman–Crippen LogP) is 10.3. The van der Waals surface area contributed by atoms with Crippen molar-refractivity contribution < 1.29 is 102 Å². The number of nitrogens with zero attached hydrogens (tertiary/aromatic N) is 2. The van der Waals surface area contributed by atoms with Crippen LogP contribution in [0, 0.1) is 11.6 Å². The van der Waals surface area contributed by atoms with Crippen molar-refractivity contribution in [1.82, 2.24) is 41.7 Å². The van der Waals surface area contributed by atoms with Crippen LogP contribution in [0.15, 0.2) is 182 Å². The van der Waals surface area contributed by atoms with Crippen molar-refractivity contribution in [3.63, 3.8) is 0 Å². The number of amides is 8. The lowest BCUT2D eigenvalue weighted by molar-refractivity contribution is -0.148. The Bertz CT molecular complexity index is 3790. The number of alkyl carbamates (subject to hydrolysis) is 2. The maximum atomic E-state index is 14.6. The molecule has 0 saturated heterocycles. The van der Waals surface area contributed by atoms with Gasteiger partial charge in [0.15, 0.2) is 0 Å². The van der Waals surface area contributed by atoms with Gasteiger partial charge < -0.3 is 60.6 Å². The molecule has 0 aliphatic rings. The van der Waals surface area contributed by atoms with E-state index in [2.05, 4.69) is 31.9 Å². The Morgan fingerprint density at radius 3 is 1.00 bits per heavy atom. The number of halogens is 8. The smallest absolute Gasteiger partial charge is 0.416 e. The van der Waals surface area contributed by atoms with E-state index in [9.17, 15) is 83.1 Å². The number of carbonyl (C=O) groups excluding carboxylic acids is 10. The Balaban J connectivity index is 1.00. The van der Waals surface area contributed by atoms with Crippen molar-refractivity contribution in [3.8, 4) is 0 Å². The van der Waals surface area contributed by atoms with Crippen LogP contribution in [0.3, 0.4) is 0 Å². The van der Waals surface area contributed by atoms with Crippen LogP contribution in [0.5, 0.6) is 0 Å². The molecule has 8 amide bonds. The van der Waals surface area contributed by atoms with Gasteiger partial charge in [0, 0.05) is 37.3 Å². The molecule has 106 heavy (non-hydrogen) atoms. The summed E-state index contributed by atoms with van der Waals surface area (Å²) in [6.07, 6.45) is -10.2. The van der Waals surface area contributed by atoms with Crippen molar-refractivity contribution in [3.05, 3.63) is 249 Å². The molecule has 0 fully saturated rings. The van der Waals surface area contributed by atoms with Crippen LogP contribution >= 0.6 is 0 Å². The highest BCUT2D eigenvalue weighted by Crippen LogP contribution is 2.30. The lowest BCUT2D eigenvalue weighted by Gasteiger charge is -2.24. The second-order valence-corrected chi connectivity index (χ2v) is 24.2. The molecule has 7 aromatic carbocycles. The first-order valence-electron chi connectivity index (χ1n) is 33.6. The zero-order valence-electron chi connectivity index (χ0n) is 57.3. The minimum Gasteiger partial charge on any atom is -0.459 e. The predicted molar refractivity (Wildman–Crippen MR) is 368 cm³/mol. The van der Waals surface area contributed by atoms with Crippen LogP contribution in [-0.4, -0.2) is 134 Å². The van der Waals surface area contributed by atoms with Gasteiger partial charge in [0.25, 0.3) is 11.8 Å². The van der Waals surface area contributed by atoms with E-state index < -0.39 is 146 Å². The molecule has 0 aliphatic carbocycles. The molecule has 0 saturated carbocycles. The van der Waals surface area contributed by atoms with Crippen molar-refractivity contribution in [2.45, 2.75) is 102 Å². The number of nitrogens with one attached hydrogen (secondary N) is 6. The maximum Gasteiger partial charge on any atom is 0.416 e. The maximum absolute atomic E-state index is 14.6. The standard InChI is InChI=1S/C76H78F8N8O14/c77-61-32-24-51(25-33-61)36-40-87-67(95)45-91(43-65(93)85-38-9-7-18-63(89-73(101)105-49-53-12-3-1-4-13-53)71(99)103-47-55-20-28-59(29-21-55)75(79,80)81)69(97)57-16-11-17-58(42-57)70(98)92(46-68(96)88-41-37-52-26-34-62(78)35-27-52)44-66(94)86-39-10-8-19-64(90-74(102)106-50-54-14-5-2-6-15-54)72(100)104-48-56-22-30-60(31-23-56)76(82,83)84/h1-6,11-17,20-35,42,63-64H,7-10,18-19,36-41,43-50H2,(H,85,93)(H,86,94)(H,87,95)(H,88,96)(H,89,101)(H,90,102)/t63-,64-/m0/s1. The summed E-state index contributed by atoms with van der Waals surface area (Å²) in [4.78, 5) is 138. The Kier molecular flexibility index (Phi) is 32.0. The summed E-state index contributed by atoms with van der Waals surface area (Å²) < 4.78 is 128. The van der Waals surface area contributed by atoms with Gasteiger partial charge in [-0.05, 0) is 151 Å². The second-order valence-electron chi connectivity index (χ2n) is 24.2. The summed E-state index contributed by atoms with van der Waals surface area (Å²) in [6, 6.07) is 38.5. The SMILES string of the molecule is O=C(CN(CC(=O)NCCc1ccc(F)cc1)C(=O)c1cccc(C(=O)N(CC(=O)NCCCC[C@H](NC(=O)OCc2ccccc2)C(=O)OCc2ccc(C(F)(F)F)cc2)CC(=O)NCCc2ccc(F)cc2)c1)NCCCC[C@H](NC(=O)OCc1ccccc1)C(=O)OCc1ccc(C(F)(F)F)cc1. The van der Waals surface area contributed by atoms with Gasteiger partial charge in [-0.15, -0.1) is 0 Å². The molecule has 0 radical (unpaired) electrons. The van der Waals surface area contributed by atoms with Gasteiger partial charge in [0.2, 0.25) is 23.6 Å². The van der Waals surface area contributed by atoms with Crippen LogP contribution in [0.2, 0.25) is 0 Å². The molecule has 0 unspecified atom stereocenters. The summed E-state index contributed by atoms with van der Waals surface area (Å²) in [5.74, 6) is -7.70. The third kappa shape index (κ3) is 29.2. The molecule has 22 nitrogen and oxygen atoms in total. The van der Waals surface area contributed by atoms with Gasteiger partial charge in [-0.1, -0.05) is 115 Å². The first-order valence-corrected chi connectivity index (χ1v) is 33.6. The molecule has 0 aromatic heterocycles. The van der Waals surface area contributed by atoms with E-state index in [1.165, 1.54) is 66.7 Å². The van der Waals surface area contributed by atoms with Gasteiger partial charge in [-0.25, -0.2) is 28.0 Å². The number of hydrogen-bond donors (Lipinski definition) is 6. The van der Waals surface area contributed by atoms with Gasteiger partial charge in [0.1, 0.15) is 76.3 Å². The normalized spacial score (nSPS) is 11.7. The molecule has 562 valence electrons. The van der Waals surface area contributed by atoms with E-state index in [4.69, 9.17) is 18.9 Å². The first-order chi connectivity index (χ1) is 50.7. The van der Waals surface area contributed by atoms with Crippen molar-refractivity contribution in [2.75, 3.05) is 52.4 Å². The Labute approximate surface area is 604 Å². The summed E-state index contributed by atoms with van der Waals surface area (Å²) in [7, 11) is 0. The van der Waals surface area contributed by atoms with Crippen LogP contribution in [-0.2, 0) is 99.3 Å². The van der Waals surface area contributed by atoms with E-state index in [0.29, 0.717) is 22.3 Å². The summed E-state index contributed by atoms with van der Waals surface area (Å²) in [5.41, 5.74) is 0.790. The molecule has 0 spiro atoms. The summed E-state index contributed by atoms with van der Waals surface area (Å²) in [6.45, 7) is -4.20. The highest BCUT2D eigenvalue weighted by molar-refractivity contribution is 6.03. The second kappa shape index (κ2) is 41.5. The van der Waals surface area contributed by atoms with Gasteiger partial charge >= 0.3 is 36.5 Å². The monoisotopic (exact) mass is 1480 g/mol. The molecule has 2 atom stereocenters. The van der Waals surface area contributed by atoms with E-state index in [0.717, 1.165) is 64.4 Å². The molecule has 0 bridgehead atoms. The fourth-order valence-corrected chi connectivity index (χ4v) is 10.3. The molecule has 30 heteroatoms. The van der Waals surface area contributed by atoms with E-state index >= 15 is 0 Å². The number of benzene rings is 7. The molecule has 7 rings (SSSR count). The van der Waals surface area contributed by atoms with Crippen LogP contribution < -0.4 is 31.9 Å².